The average Bonchev–Trinajstić information content (AvgIpc) is 2.85. The standard InChI is InChI=1S/C17H19F3N2O3/c1-9-5-4-8-12-13(9)21-22(16(12,25)17(18,19)20)15(24)11-7-3-6-10(2)14(11)23/h3,6-7,9,12,23,25H,4-5,8H2,1-2H3/t9-,12+,16-/m1/s1. The number of hydrogen-bond donors (Lipinski definition) is 2. The van der Waals surface area contributed by atoms with Gasteiger partial charge in [0, 0.05) is 5.71 Å². The Labute approximate surface area is 142 Å². The summed E-state index contributed by atoms with van der Waals surface area (Å²) in [4.78, 5) is 12.7. The minimum absolute atomic E-state index is 0.1000. The summed E-state index contributed by atoms with van der Waals surface area (Å²) in [6.07, 6.45) is -3.81. The number of hydrazone groups is 1. The molecule has 2 N–H and O–H groups in total. The fourth-order valence-corrected chi connectivity index (χ4v) is 3.65. The van der Waals surface area contributed by atoms with Crippen molar-refractivity contribution in [3.63, 3.8) is 0 Å². The lowest BCUT2D eigenvalue weighted by molar-refractivity contribution is -0.312. The SMILES string of the molecule is Cc1cccc(C(=O)N2N=C3[C@H](C)CCC[C@@H]3[C@@]2(O)C(F)(F)F)c1O. The van der Waals surface area contributed by atoms with E-state index in [-0.39, 0.29) is 28.6 Å². The van der Waals surface area contributed by atoms with Gasteiger partial charge in [0.1, 0.15) is 5.75 Å². The van der Waals surface area contributed by atoms with Crippen molar-refractivity contribution in [2.75, 3.05) is 0 Å². The van der Waals surface area contributed by atoms with Gasteiger partial charge < -0.3 is 10.2 Å². The molecule has 25 heavy (non-hydrogen) atoms. The predicted octanol–water partition coefficient (Wildman–Crippen LogP) is 3.20. The van der Waals surface area contributed by atoms with Crippen LogP contribution < -0.4 is 0 Å². The Kier molecular flexibility index (Phi) is 4.06. The van der Waals surface area contributed by atoms with Crippen molar-refractivity contribution in [1.29, 1.82) is 0 Å². The van der Waals surface area contributed by atoms with E-state index in [1.807, 2.05) is 0 Å². The highest BCUT2D eigenvalue weighted by Crippen LogP contribution is 2.49. The topological polar surface area (TPSA) is 73.1 Å². The second-order valence-corrected chi connectivity index (χ2v) is 6.72. The van der Waals surface area contributed by atoms with Crippen molar-refractivity contribution in [2.45, 2.75) is 45.0 Å². The molecule has 0 spiro atoms. The summed E-state index contributed by atoms with van der Waals surface area (Å²) in [7, 11) is 0. The summed E-state index contributed by atoms with van der Waals surface area (Å²) >= 11 is 0. The van der Waals surface area contributed by atoms with Gasteiger partial charge in [-0.3, -0.25) is 4.79 Å². The molecule has 0 aromatic heterocycles. The second kappa shape index (κ2) is 5.72. The van der Waals surface area contributed by atoms with E-state index in [2.05, 4.69) is 5.10 Å². The van der Waals surface area contributed by atoms with E-state index in [0.717, 1.165) is 0 Å². The van der Waals surface area contributed by atoms with Gasteiger partial charge in [0.25, 0.3) is 11.6 Å². The summed E-state index contributed by atoms with van der Waals surface area (Å²) in [6.45, 7) is 3.26. The van der Waals surface area contributed by atoms with E-state index in [9.17, 15) is 28.2 Å². The Balaban J connectivity index is 2.12. The Bertz CT molecular complexity index is 747. The van der Waals surface area contributed by atoms with Gasteiger partial charge in [-0.15, -0.1) is 0 Å². The van der Waals surface area contributed by atoms with E-state index in [4.69, 9.17) is 0 Å². The van der Waals surface area contributed by atoms with Crippen molar-refractivity contribution in [2.24, 2.45) is 16.9 Å². The van der Waals surface area contributed by atoms with Crippen molar-refractivity contribution < 1.29 is 28.2 Å². The Morgan fingerprint density at radius 3 is 2.68 bits per heavy atom. The van der Waals surface area contributed by atoms with Crippen LogP contribution in [-0.4, -0.2) is 38.7 Å². The summed E-state index contributed by atoms with van der Waals surface area (Å²) in [5.41, 5.74) is -3.19. The molecule has 1 heterocycles. The molecule has 0 radical (unpaired) electrons. The number of carbonyl (C=O) groups is 1. The van der Waals surface area contributed by atoms with Crippen molar-refractivity contribution in [3.05, 3.63) is 29.3 Å². The van der Waals surface area contributed by atoms with E-state index in [1.165, 1.54) is 25.1 Å². The summed E-state index contributed by atoms with van der Waals surface area (Å²) in [5, 5.41) is 24.6. The number of para-hydroxylation sites is 1. The van der Waals surface area contributed by atoms with Crippen LogP contribution in [0.1, 0.15) is 42.1 Å². The minimum atomic E-state index is -5.07. The molecule has 1 aliphatic heterocycles. The highest BCUT2D eigenvalue weighted by atomic mass is 19.4. The molecular formula is C17H19F3N2O3. The Morgan fingerprint density at radius 2 is 2.04 bits per heavy atom. The first-order valence-electron chi connectivity index (χ1n) is 8.09. The zero-order valence-electron chi connectivity index (χ0n) is 13.8. The van der Waals surface area contributed by atoms with E-state index < -0.39 is 29.5 Å². The number of carbonyl (C=O) groups excluding carboxylic acids is 1. The quantitative estimate of drug-likeness (QED) is 0.812. The van der Waals surface area contributed by atoms with Crippen LogP contribution >= 0.6 is 0 Å². The number of halogens is 3. The molecule has 1 aliphatic carbocycles. The normalized spacial score (nSPS) is 29.4. The number of aliphatic hydroxyl groups is 1. The Morgan fingerprint density at radius 1 is 1.36 bits per heavy atom. The first kappa shape index (κ1) is 17.7. The van der Waals surface area contributed by atoms with Gasteiger partial charge in [-0.2, -0.15) is 23.3 Å². The van der Waals surface area contributed by atoms with Gasteiger partial charge in [0.15, 0.2) is 0 Å². The molecule has 1 amide bonds. The van der Waals surface area contributed by atoms with E-state index in [0.29, 0.717) is 18.4 Å². The fourth-order valence-electron chi connectivity index (χ4n) is 3.65. The maximum absolute atomic E-state index is 13.8. The Hall–Kier alpha value is -2.09. The number of benzene rings is 1. The van der Waals surface area contributed by atoms with Crippen LogP contribution in [0.3, 0.4) is 0 Å². The monoisotopic (exact) mass is 356 g/mol. The predicted molar refractivity (Wildman–Crippen MR) is 84.0 cm³/mol. The van der Waals surface area contributed by atoms with Crippen LogP contribution in [-0.2, 0) is 0 Å². The van der Waals surface area contributed by atoms with Gasteiger partial charge in [-0.05, 0) is 37.3 Å². The molecule has 5 nitrogen and oxygen atoms in total. The van der Waals surface area contributed by atoms with Gasteiger partial charge in [0.05, 0.1) is 11.5 Å². The van der Waals surface area contributed by atoms with Crippen LogP contribution in [0.15, 0.2) is 23.3 Å². The summed E-state index contributed by atoms with van der Waals surface area (Å²) < 4.78 is 41.3. The van der Waals surface area contributed by atoms with Crippen LogP contribution in [0.5, 0.6) is 5.75 Å². The molecule has 1 fully saturated rings. The fraction of sp³-hybridized carbons (Fsp3) is 0.529. The summed E-state index contributed by atoms with van der Waals surface area (Å²) in [6, 6.07) is 4.20. The maximum atomic E-state index is 13.8. The molecule has 3 rings (SSSR count). The molecule has 136 valence electrons. The average molecular weight is 356 g/mol. The molecule has 3 atom stereocenters. The lowest BCUT2D eigenvalue weighted by Gasteiger charge is -2.39. The molecule has 2 aliphatic rings. The van der Waals surface area contributed by atoms with Gasteiger partial charge >= 0.3 is 6.18 Å². The maximum Gasteiger partial charge on any atom is 0.439 e. The number of aromatic hydroxyl groups is 1. The number of phenols is 1. The molecule has 1 saturated carbocycles. The minimum Gasteiger partial charge on any atom is -0.507 e. The van der Waals surface area contributed by atoms with Crippen molar-refractivity contribution in [1.82, 2.24) is 5.01 Å². The third kappa shape index (κ3) is 2.50. The van der Waals surface area contributed by atoms with Gasteiger partial charge in [0.2, 0.25) is 0 Å². The number of alkyl halides is 3. The first-order valence-corrected chi connectivity index (χ1v) is 8.09. The van der Waals surface area contributed by atoms with Crippen molar-refractivity contribution in [3.8, 4) is 5.75 Å². The number of aryl methyl sites for hydroxylation is 1. The third-order valence-corrected chi connectivity index (χ3v) is 5.09. The third-order valence-electron chi connectivity index (χ3n) is 5.09. The number of nitrogens with zero attached hydrogens (tertiary/aromatic N) is 2. The van der Waals surface area contributed by atoms with E-state index in [1.54, 1.807) is 6.92 Å². The largest absolute Gasteiger partial charge is 0.507 e. The first-order chi connectivity index (χ1) is 11.6. The lowest BCUT2D eigenvalue weighted by atomic mass is 9.75. The van der Waals surface area contributed by atoms with Crippen LogP contribution in [0.4, 0.5) is 13.2 Å². The van der Waals surface area contributed by atoms with Crippen LogP contribution in [0.25, 0.3) is 0 Å². The number of rotatable bonds is 1. The van der Waals surface area contributed by atoms with Crippen LogP contribution in [0, 0.1) is 18.8 Å². The zero-order valence-corrected chi connectivity index (χ0v) is 13.8. The second-order valence-electron chi connectivity index (χ2n) is 6.72. The molecular weight excluding hydrogens is 337 g/mol. The van der Waals surface area contributed by atoms with E-state index >= 15 is 0 Å². The lowest BCUT2D eigenvalue weighted by Crippen LogP contribution is -2.61. The van der Waals surface area contributed by atoms with Crippen LogP contribution in [0.2, 0.25) is 0 Å². The van der Waals surface area contributed by atoms with Crippen molar-refractivity contribution >= 4 is 11.6 Å². The van der Waals surface area contributed by atoms with Gasteiger partial charge in [-0.1, -0.05) is 25.5 Å². The molecule has 0 saturated heterocycles. The highest BCUT2D eigenvalue weighted by Gasteiger charge is 2.69. The number of hydrogen-bond acceptors (Lipinski definition) is 4. The molecule has 8 heteroatoms. The highest BCUT2D eigenvalue weighted by molar-refractivity contribution is 6.01. The molecule has 1 aromatic carbocycles. The van der Waals surface area contributed by atoms with Gasteiger partial charge in [-0.25, -0.2) is 0 Å². The zero-order chi connectivity index (χ0) is 18.6. The molecule has 1 aromatic rings. The smallest absolute Gasteiger partial charge is 0.439 e. The summed E-state index contributed by atoms with van der Waals surface area (Å²) in [5.74, 6) is -3.13. The number of fused-ring (bicyclic) bond motifs is 1. The number of amides is 1. The number of phenolic OH excluding ortho intramolecular Hbond substituents is 1. The molecule has 0 unspecified atom stereocenters. The molecule has 0 bridgehead atoms.